The van der Waals surface area contributed by atoms with Gasteiger partial charge in [-0.1, -0.05) is 11.6 Å². The zero-order valence-corrected chi connectivity index (χ0v) is 19.1. The first-order valence-corrected chi connectivity index (χ1v) is 11.4. The minimum Gasteiger partial charge on any atom is -0.296 e. The van der Waals surface area contributed by atoms with E-state index in [1.54, 1.807) is 0 Å². The maximum atomic E-state index is 13.8. The smallest absolute Gasteiger partial charge is 0.296 e. The summed E-state index contributed by atoms with van der Waals surface area (Å²) >= 11 is 6.97. The highest BCUT2D eigenvalue weighted by molar-refractivity contribution is 7.12. The van der Waals surface area contributed by atoms with Crippen molar-refractivity contribution in [1.82, 2.24) is 19.9 Å². The van der Waals surface area contributed by atoms with Gasteiger partial charge in [0.1, 0.15) is 21.7 Å². The molecule has 2 aromatic heterocycles. The Bertz CT molecular complexity index is 1170. The Labute approximate surface area is 196 Å². The van der Waals surface area contributed by atoms with Crippen molar-refractivity contribution < 1.29 is 22.4 Å². The van der Waals surface area contributed by atoms with Crippen LogP contribution >= 0.6 is 22.9 Å². The minimum absolute atomic E-state index is 0.0865. The topological polar surface area (TPSA) is 59.0 Å². The van der Waals surface area contributed by atoms with Gasteiger partial charge < -0.3 is 0 Å². The van der Waals surface area contributed by atoms with Crippen molar-refractivity contribution in [2.75, 3.05) is 6.54 Å². The third kappa shape index (κ3) is 5.39. The van der Waals surface area contributed by atoms with Crippen molar-refractivity contribution in [3.05, 3.63) is 62.7 Å². The SMILES string of the molecule is C[C@@H]1CCCN1Cc1sc(CC(=O)c2cnc(Cl)cn2)nc1-c1ccc(F)c(C(F)(F)F)c1. The molecule has 1 atom stereocenters. The summed E-state index contributed by atoms with van der Waals surface area (Å²) in [4.78, 5) is 27.9. The Kier molecular flexibility index (Phi) is 6.78. The van der Waals surface area contributed by atoms with Gasteiger partial charge in [0.2, 0.25) is 0 Å². The molecule has 174 valence electrons. The second-order valence-corrected chi connectivity index (χ2v) is 9.41. The van der Waals surface area contributed by atoms with E-state index in [1.165, 1.54) is 29.8 Å². The van der Waals surface area contributed by atoms with Crippen LogP contribution < -0.4 is 0 Å². The second-order valence-electron chi connectivity index (χ2n) is 7.86. The first-order valence-electron chi connectivity index (χ1n) is 10.2. The molecule has 11 heteroatoms. The largest absolute Gasteiger partial charge is 0.419 e. The van der Waals surface area contributed by atoms with Crippen LogP contribution in [0.4, 0.5) is 17.6 Å². The van der Waals surface area contributed by atoms with Crippen molar-refractivity contribution in [3.8, 4) is 11.3 Å². The van der Waals surface area contributed by atoms with Crippen molar-refractivity contribution >= 4 is 28.7 Å². The quantitative estimate of drug-likeness (QED) is 0.316. The summed E-state index contributed by atoms with van der Waals surface area (Å²) in [6, 6.07) is 3.19. The number of carbonyl (C=O) groups is 1. The number of alkyl halides is 3. The number of nitrogens with zero attached hydrogens (tertiary/aromatic N) is 4. The molecule has 0 bridgehead atoms. The standard InChI is InChI=1S/C22H19ClF4N4OS/c1-12-3-2-6-31(12)11-18-21(13-4-5-15(24)14(7-13)22(25,26)27)30-20(33-18)8-17(32)16-9-29-19(23)10-28-16/h4-5,7,9-10,12H,2-3,6,8,11H2,1H3/t12-/m1/s1. The summed E-state index contributed by atoms with van der Waals surface area (Å²) in [5, 5.41) is 0.591. The molecule has 0 saturated carbocycles. The van der Waals surface area contributed by atoms with Crippen molar-refractivity contribution in [3.63, 3.8) is 0 Å². The average Bonchev–Trinajstić information content (AvgIpc) is 3.34. The molecule has 0 aliphatic carbocycles. The lowest BCUT2D eigenvalue weighted by molar-refractivity contribution is -0.139. The summed E-state index contributed by atoms with van der Waals surface area (Å²) < 4.78 is 53.7. The van der Waals surface area contributed by atoms with Gasteiger partial charge in [0.05, 0.1) is 30.1 Å². The van der Waals surface area contributed by atoms with Gasteiger partial charge in [-0.2, -0.15) is 13.2 Å². The molecule has 1 fully saturated rings. The molecule has 3 aromatic rings. The number of rotatable bonds is 6. The Balaban J connectivity index is 1.69. The van der Waals surface area contributed by atoms with Gasteiger partial charge in [0.25, 0.3) is 0 Å². The molecular weight excluding hydrogens is 480 g/mol. The molecule has 33 heavy (non-hydrogen) atoms. The number of Topliss-reactive ketones (excluding diaryl/α,β-unsaturated/α-hetero) is 1. The summed E-state index contributed by atoms with van der Waals surface area (Å²) in [5.41, 5.74) is -0.740. The average molecular weight is 499 g/mol. The predicted octanol–water partition coefficient (Wildman–Crippen LogP) is 5.82. The fourth-order valence-corrected chi connectivity index (χ4v) is 5.01. The highest BCUT2D eigenvalue weighted by Crippen LogP contribution is 2.37. The first kappa shape index (κ1) is 23.7. The van der Waals surface area contributed by atoms with Crippen LogP contribution in [-0.2, 0) is 19.1 Å². The third-order valence-electron chi connectivity index (χ3n) is 5.54. The van der Waals surface area contributed by atoms with Crippen LogP contribution in [0.25, 0.3) is 11.3 Å². The molecule has 1 aliphatic heterocycles. The lowest BCUT2D eigenvalue weighted by Crippen LogP contribution is -2.25. The molecule has 4 rings (SSSR count). The number of benzene rings is 1. The number of hydrogen-bond donors (Lipinski definition) is 0. The number of hydrogen-bond acceptors (Lipinski definition) is 6. The van der Waals surface area contributed by atoms with Crippen LogP contribution in [0.15, 0.2) is 30.6 Å². The van der Waals surface area contributed by atoms with E-state index in [2.05, 4.69) is 26.8 Å². The fraction of sp³-hybridized carbons (Fsp3) is 0.364. The zero-order valence-electron chi connectivity index (χ0n) is 17.5. The maximum Gasteiger partial charge on any atom is 0.419 e. The van der Waals surface area contributed by atoms with Crippen LogP contribution in [0.1, 0.15) is 45.7 Å². The molecule has 5 nitrogen and oxygen atoms in total. The van der Waals surface area contributed by atoms with E-state index in [4.69, 9.17) is 11.6 Å². The van der Waals surface area contributed by atoms with Gasteiger partial charge in [0.15, 0.2) is 5.78 Å². The van der Waals surface area contributed by atoms with E-state index >= 15 is 0 Å². The molecule has 3 heterocycles. The minimum atomic E-state index is -4.83. The Hall–Kier alpha value is -2.43. The van der Waals surface area contributed by atoms with Gasteiger partial charge in [-0.15, -0.1) is 11.3 Å². The first-order chi connectivity index (χ1) is 15.6. The Morgan fingerprint density at radius 1 is 1.27 bits per heavy atom. The van der Waals surface area contributed by atoms with Crippen LogP contribution in [0.2, 0.25) is 5.15 Å². The van der Waals surface area contributed by atoms with Gasteiger partial charge in [-0.25, -0.2) is 19.3 Å². The predicted molar refractivity (Wildman–Crippen MR) is 117 cm³/mol. The van der Waals surface area contributed by atoms with E-state index in [0.717, 1.165) is 36.4 Å². The van der Waals surface area contributed by atoms with E-state index in [1.807, 2.05) is 0 Å². The number of likely N-dealkylation sites (tertiary alicyclic amines) is 1. The summed E-state index contributed by atoms with van der Waals surface area (Å²) in [6.45, 7) is 3.45. The normalized spacial score (nSPS) is 17.0. The molecule has 0 N–H and O–H groups in total. The Morgan fingerprint density at radius 2 is 2.06 bits per heavy atom. The summed E-state index contributed by atoms with van der Waals surface area (Å²) in [5.74, 6) is -1.68. The number of halogens is 5. The molecular formula is C22H19ClF4N4OS. The van der Waals surface area contributed by atoms with Crippen LogP contribution in [-0.4, -0.2) is 38.2 Å². The van der Waals surface area contributed by atoms with E-state index in [0.29, 0.717) is 23.3 Å². The van der Waals surface area contributed by atoms with Gasteiger partial charge >= 0.3 is 6.18 Å². The highest BCUT2D eigenvalue weighted by atomic mass is 35.5. The molecule has 1 aromatic carbocycles. The van der Waals surface area contributed by atoms with Crippen LogP contribution in [0.5, 0.6) is 0 Å². The fourth-order valence-electron chi connectivity index (χ4n) is 3.79. The molecule has 0 radical (unpaired) electrons. The van der Waals surface area contributed by atoms with E-state index in [9.17, 15) is 22.4 Å². The van der Waals surface area contributed by atoms with Crippen molar-refractivity contribution in [2.45, 2.75) is 44.9 Å². The van der Waals surface area contributed by atoms with Gasteiger partial charge in [-0.05, 0) is 44.5 Å². The molecule has 1 saturated heterocycles. The number of thiazole rings is 1. The highest BCUT2D eigenvalue weighted by Gasteiger charge is 2.35. The lowest BCUT2D eigenvalue weighted by atomic mass is 10.1. The summed E-state index contributed by atoms with van der Waals surface area (Å²) in [6.07, 6.45) is -0.322. The monoisotopic (exact) mass is 498 g/mol. The molecule has 1 aliphatic rings. The van der Waals surface area contributed by atoms with E-state index < -0.39 is 17.6 Å². The molecule has 0 spiro atoms. The number of ketones is 1. The molecule has 0 amide bonds. The van der Waals surface area contributed by atoms with Crippen LogP contribution in [0.3, 0.4) is 0 Å². The number of aromatic nitrogens is 3. The number of carbonyl (C=O) groups excluding carboxylic acids is 1. The van der Waals surface area contributed by atoms with Gasteiger partial charge in [0, 0.05) is 23.0 Å². The van der Waals surface area contributed by atoms with E-state index in [-0.39, 0.29) is 28.6 Å². The third-order valence-corrected chi connectivity index (χ3v) is 6.78. The summed E-state index contributed by atoms with van der Waals surface area (Å²) in [7, 11) is 0. The molecule has 0 unspecified atom stereocenters. The second kappa shape index (κ2) is 9.44. The lowest BCUT2D eigenvalue weighted by Gasteiger charge is -2.20. The van der Waals surface area contributed by atoms with Crippen LogP contribution in [0, 0.1) is 5.82 Å². The van der Waals surface area contributed by atoms with Crippen molar-refractivity contribution in [2.24, 2.45) is 0 Å². The van der Waals surface area contributed by atoms with Crippen molar-refractivity contribution in [1.29, 1.82) is 0 Å². The van der Waals surface area contributed by atoms with Gasteiger partial charge in [-0.3, -0.25) is 9.69 Å². The Morgan fingerprint density at radius 3 is 2.70 bits per heavy atom. The zero-order chi connectivity index (χ0) is 23.8. The maximum absolute atomic E-state index is 13.8.